The van der Waals surface area contributed by atoms with Crippen LogP contribution in [0.3, 0.4) is 0 Å². The lowest BCUT2D eigenvalue weighted by atomic mass is 9.97. The molecule has 2 atom stereocenters. The van der Waals surface area contributed by atoms with E-state index in [0.717, 1.165) is 0 Å². The molecule has 2 aromatic rings. The number of hydrogen-bond acceptors (Lipinski definition) is 12. The van der Waals surface area contributed by atoms with Gasteiger partial charge < -0.3 is 0 Å². The van der Waals surface area contributed by atoms with Crippen molar-refractivity contribution in [2.45, 2.75) is 50.6 Å². The van der Waals surface area contributed by atoms with Crippen LogP contribution in [-0.4, -0.2) is 35.0 Å². The lowest BCUT2D eigenvalue weighted by Gasteiger charge is -2.18. The van der Waals surface area contributed by atoms with E-state index in [1.165, 1.54) is 50.2 Å². The predicted molar refractivity (Wildman–Crippen MR) is 137 cm³/mol. The van der Waals surface area contributed by atoms with Gasteiger partial charge in [0, 0.05) is 10.0 Å². The van der Waals surface area contributed by atoms with Crippen molar-refractivity contribution in [3.63, 3.8) is 0 Å². The van der Waals surface area contributed by atoms with Crippen LogP contribution in [0.1, 0.15) is 60.2 Å². The molecular formula is C26H22Cl2N4O8. The third-order valence-electron chi connectivity index (χ3n) is 5.15. The fourth-order valence-electron chi connectivity index (χ4n) is 2.75. The summed E-state index contributed by atoms with van der Waals surface area (Å²) in [7, 11) is 0. The average Bonchev–Trinajstić information content (AvgIpc) is 2.95. The summed E-state index contributed by atoms with van der Waals surface area (Å²) in [4.78, 5) is 65.8. The summed E-state index contributed by atoms with van der Waals surface area (Å²) < 4.78 is 0. The Bertz CT molecular complexity index is 1280. The first-order valence-corrected chi connectivity index (χ1v) is 12.3. The number of nitrogens with zero attached hydrogens (tertiary/aromatic N) is 4. The third-order valence-corrected chi connectivity index (χ3v) is 5.62. The van der Waals surface area contributed by atoms with Gasteiger partial charge in [0.2, 0.25) is 0 Å². The van der Waals surface area contributed by atoms with E-state index in [9.17, 15) is 29.7 Å². The molecule has 2 unspecified atom stereocenters. The zero-order chi connectivity index (χ0) is 29.8. The molecule has 0 aliphatic carbocycles. The van der Waals surface area contributed by atoms with Gasteiger partial charge in [-0.3, -0.25) is 0 Å². The molecule has 0 amide bonds. The van der Waals surface area contributed by atoms with Gasteiger partial charge in [-0.05, 0) is 63.1 Å². The molecule has 2 rings (SSSR count). The molecule has 0 spiro atoms. The molecule has 0 radical (unpaired) electrons. The number of halogens is 2. The Kier molecular flexibility index (Phi) is 11.6. The molecule has 208 valence electrons. The zero-order valence-corrected chi connectivity index (χ0v) is 22.8. The second-order valence-corrected chi connectivity index (χ2v) is 9.52. The summed E-state index contributed by atoms with van der Waals surface area (Å²) in [5.41, 5.74) is -2.98. The van der Waals surface area contributed by atoms with E-state index in [1.807, 2.05) is 12.1 Å². The van der Waals surface area contributed by atoms with Gasteiger partial charge in [-0.1, -0.05) is 35.3 Å². The summed E-state index contributed by atoms with van der Waals surface area (Å²) >= 11 is 11.6. The molecular weight excluding hydrogens is 567 g/mol. The van der Waals surface area contributed by atoms with Gasteiger partial charge in [0.05, 0.1) is 36.1 Å². The Morgan fingerprint density at radius 1 is 0.725 bits per heavy atom. The first kappa shape index (κ1) is 31.7. The third kappa shape index (κ3) is 10.3. The highest BCUT2D eigenvalue weighted by Crippen LogP contribution is 2.24. The lowest BCUT2D eigenvalue weighted by molar-refractivity contribution is -0.234. The second kappa shape index (κ2) is 14.6. The second-order valence-electron chi connectivity index (χ2n) is 8.64. The normalized spacial score (nSPS) is 13.6. The van der Waals surface area contributed by atoms with Gasteiger partial charge in [0.1, 0.15) is 0 Å². The summed E-state index contributed by atoms with van der Waals surface area (Å²) in [6, 6.07) is 15.4. The van der Waals surface area contributed by atoms with E-state index < -0.39 is 35.0 Å². The van der Waals surface area contributed by atoms with E-state index in [1.54, 1.807) is 12.1 Å². The van der Waals surface area contributed by atoms with Gasteiger partial charge in [-0.15, -0.1) is 0 Å². The first-order valence-electron chi connectivity index (χ1n) is 11.5. The molecule has 0 heterocycles. The molecule has 2 aromatic carbocycles. The predicted octanol–water partition coefficient (Wildman–Crippen LogP) is 5.50. The van der Waals surface area contributed by atoms with Crippen LogP contribution in [0.5, 0.6) is 0 Å². The van der Waals surface area contributed by atoms with Crippen molar-refractivity contribution in [2.24, 2.45) is 10.2 Å². The molecule has 0 bridgehead atoms. The number of carbonyl (C=O) groups excluding carboxylic acids is 4. The Labute approximate surface area is 238 Å². The first-order chi connectivity index (χ1) is 18.9. The highest BCUT2D eigenvalue weighted by molar-refractivity contribution is 6.31. The molecule has 0 saturated heterocycles. The molecule has 12 nitrogen and oxygen atoms in total. The Morgan fingerprint density at radius 2 is 1.10 bits per heavy atom. The van der Waals surface area contributed by atoms with Crippen LogP contribution in [0.2, 0.25) is 10.0 Å². The quantitative estimate of drug-likeness (QED) is 0.195. The van der Waals surface area contributed by atoms with E-state index in [-0.39, 0.29) is 46.9 Å². The van der Waals surface area contributed by atoms with Crippen molar-refractivity contribution in [2.75, 3.05) is 0 Å². The minimum absolute atomic E-state index is 0.0647. The maximum atomic E-state index is 12.0. The summed E-state index contributed by atoms with van der Waals surface area (Å²) in [6.07, 6.45) is -1.13. The number of carbonyl (C=O) groups is 4. The van der Waals surface area contributed by atoms with Gasteiger partial charge in [-0.25, -0.2) is 38.7 Å². The fourth-order valence-corrected chi connectivity index (χ4v) is 3.13. The minimum atomic E-state index is -1.55. The van der Waals surface area contributed by atoms with Crippen molar-refractivity contribution >= 4 is 47.1 Å². The standard InChI is InChI=1S/C26H22Cl2N4O8/c1-25(15-29,11-9-21(33)37-39-23(35)17-5-3-7-19(27)13-17)31-32-26(2,16-30)12-10-22(34)38-40-24(36)18-6-4-8-20(28)14-18/h3-8,13-14H,9-12H2,1-2H3. The van der Waals surface area contributed by atoms with E-state index >= 15 is 0 Å². The highest BCUT2D eigenvalue weighted by atomic mass is 35.5. The van der Waals surface area contributed by atoms with Crippen molar-refractivity contribution < 1.29 is 38.7 Å². The van der Waals surface area contributed by atoms with Crippen LogP contribution in [-0.2, 0) is 29.1 Å². The minimum Gasteiger partial charge on any atom is -0.247 e. The molecule has 0 saturated carbocycles. The van der Waals surface area contributed by atoms with E-state index in [2.05, 4.69) is 29.8 Å². The molecule has 0 aliphatic heterocycles. The molecule has 14 heteroatoms. The highest BCUT2D eigenvalue weighted by Gasteiger charge is 2.30. The van der Waals surface area contributed by atoms with Crippen LogP contribution >= 0.6 is 23.2 Å². The Hall–Kier alpha value is -4.52. The van der Waals surface area contributed by atoms with Gasteiger partial charge in [0.15, 0.2) is 11.1 Å². The molecule has 0 aromatic heterocycles. The van der Waals surface area contributed by atoms with Crippen LogP contribution < -0.4 is 0 Å². The van der Waals surface area contributed by atoms with E-state index in [4.69, 9.17) is 23.2 Å². The Morgan fingerprint density at radius 3 is 1.43 bits per heavy atom. The van der Waals surface area contributed by atoms with Crippen LogP contribution in [0.25, 0.3) is 0 Å². The number of rotatable bonds is 10. The van der Waals surface area contributed by atoms with Gasteiger partial charge in [0.25, 0.3) is 0 Å². The van der Waals surface area contributed by atoms with Crippen molar-refractivity contribution in [3.05, 3.63) is 69.7 Å². The summed E-state index contributed by atoms with van der Waals surface area (Å²) in [6.45, 7) is 2.73. The van der Waals surface area contributed by atoms with Gasteiger partial charge in [-0.2, -0.15) is 20.8 Å². The average molecular weight is 589 g/mol. The van der Waals surface area contributed by atoms with Crippen molar-refractivity contribution in [3.8, 4) is 12.1 Å². The largest absolute Gasteiger partial charge is 0.386 e. The number of nitriles is 2. The molecule has 0 fully saturated rings. The fraction of sp³-hybridized carbons (Fsp3) is 0.308. The SMILES string of the molecule is CC(C#N)(CCC(=O)OOC(=O)c1cccc(Cl)c1)N=NC(C)(C#N)CCC(=O)OOC(=O)c1cccc(Cl)c1. The monoisotopic (exact) mass is 588 g/mol. The number of benzene rings is 2. The van der Waals surface area contributed by atoms with Crippen molar-refractivity contribution in [1.82, 2.24) is 0 Å². The topological polar surface area (TPSA) is 177 Å². The van der Waals surface area contributed by atoms with E-state index in [0.29, 0.717) is 0 Å². The maximum absolute atomic E-state index is 12.0. The molecule has 40 heavy (non-hydrogen) atoms. The molecule has 0 aliphatic rings. The summed E-state index contributed by atoms with van der Waals surface area (Å²) in [5.74, 6) is -3.79. The van der Waals surface area contributed by atoms with Crippen LogP contribution in [0.15, 0.2) is 58.8 Å². The van der Waals surface area contributed by atoms with Crippen molar-refractivity contribution in [1.29, 1.82) is 10.5 Å². The maximum Gasteiger partial charge on any atom is 0.386 e. The van der Waals surface area contributed by atoms with Crippen LogP contribution in [0, 0.1) is 22.7 Å². The molecule has 0 N–H and O–H groups in total. The smallest absolute Gasteiger partial charge is 0.247 e. The summed E-state index contributed by atoms with van der Waals surface area (Å²) in [5, 5.41) is 27.5. The zero-order valence-electron chi connectivity index (χ0n) is 21.3. The lowest BCUT2D eigenvalue weighted by Crippen LogP contribution is -2.26. The number of hydrogen-bond donors (Lipinski definition) is 0. The number of azo groups is 1. The Balaban J connectivity index is 1.85. The van der Waals surface area contributed by atoms with Crippen LogP contribution in [0.4, 0.5) is 0 Å². The van der Waals surface area contributed by atoms with Gasteiger partial charge >= 0.3 is 23.9 Å².